The molecule has 14 heavy (non-hydrogen) atoms. The van der Waals surface area contributed by atoms with Gasteiger partial charge in [-0.1, -0.05) is 15.9 Å². The van der Waals surface area contributed by atoms with Gasteiger partial charge in [0.15, 0.2) is 12.2 Å². The molecule has 0 saturated heterocycles. The molecule has 0 fully saturated rings. The first-order chi connectivity index (χ1) is 6.72. The first kappa shape index (κ1) is 10.9. The fourth-order valence-corrected chi connectivity index (χ4v) is 3.47. The highest BCUT2D eigenvalue weighted by Gasteiger charge is 2.13. The summed E-state index contributed by atoms with van der Waals surface area (Å²) in [6.07, 6.45) is 1.47. The Morgan fingerprint density at radius 2 is 2.21 bits per heavy atom. The first-order valence-corrected chi connectivity index (χ1v) is 7.18. The van der Waals surface area contributed by atoms with Gasteiger partial charge in [0.1, 0.15) is 0 Å². The molecule has 74 valence electrons. The Kier molecular flexibility index (Phi) is 3.46. The van der Waals surface area contributed by atoms with E-state index in [1.165, 1.54) is 6.39 Å². The highest BCUT2D eigenvalue weighted by molar-refractivity contribution is 9.13. The normalized spacial score (nSPS) is 10.8. The van der Waals surface area contributed by atoms with E-state index in [0.29, 0.717) is 5.33 Å². The second-order valence-electron chi connectivity index (χ2n) is 2.49. The zero-order valence-corrected chi connectivity index (χ0v) is 12.3. The summed E-state index contributed by atoms with van der Waals surface area (Å²) in [5.41, 5.74) is 0.922. The maximum absolute atomic E-state index is 5.34. The van der Waals surface area contributed by atoms with E-state index >= 15 is 0 Å². The molecule has 0 saturated carbocycles. The van der Waals surface area contributed by atoms with E-state index in [9.17, 15) is 0 Å². The molecule has 0 aliphatic heterocycles. The summed E-state index contributed by atoms with van der Waals surface area (Å²) < 4.78 is 7.43. The van der Waals surface area contributed by atoms with Crippen molar-refractivity contribution < 1.29 is 4.42 Å². The predicted molar refractivity (Wildman–Crippen MR) is 67.8 cm³/mol. The van der Waals surface area contributed by atoms with Gasteiger partial charge in [-0.15, -0.1) is 11.3 Å². The van der Waals surface area contributed by atoms with Crippen LogP contribution in [0, 0.1) is 0 Å². The van der Waals surface area contributed by atoms with Crippen molar-refractivity contribution in [3.63, 3.8) is 0 Å². The molecule has 0 spiro atoms. The molecule has 2 aromatic rings. The van der Waals surface area contributed by atoms with Gasteiger partial charge in [0.25, 0.3) is 0 Å². The van der Waals surface area contributed by atoms with Gasteiger partial charge >= 0.3 is 0 Å². The molecule has 0 aromatic carbocycles. The fraction of sp³-hybridized carbons (Fsp3) is 0.125. The van der Waals surface area contributed by atoms with E-state index in [4.69, 9.17) is 4.42 Å². The Balaban J connectivity index is 2.49. The standard InChI is InChI=1S/C8H4Br3NOS/c9-2-5-7(13-3-12-5)6-1-4(10)8(11)14-6/h1,3H,2H2. The lowest BCUT2D eigenvalue weighted by molar-refractivity contribution is 0.572. The second-order valence-corrected chi connectivity index (χ2v) is 6.28. The summed E-state index contributed by atoms with van der Waals surface area (Å²) in [7, 11) is 0. The van der Waals surface area contributed by atoms with Crippen molar-refractivity contribution >= 4 is 59.1 Å². The maximum Gasteiger partial charge on any atom is 0.181 e. The Morgan fingerprint density at radius 1 is 1.43 bits per heavy atom. The van der Waals surface area contributed by atoms with Crippen LogP contribution < -0.4 is 0 Å². The van der Waals surface area contributed by atoms with Gasteiger partial charge in [-0.25, -0.2) is 4.98 Å². The largest absolute Gasteiger partial charge is 0.442 e. The molecule has 2 rings (SSSR count). The molecule has 6 heteroatoms. The van der Waals surface area contributed by atoms with Gasteiger partial charge in [0, 0.05) is 9.80 Å². The van der Waals surface area contributed by atoms with Crippen LogP contribution in [-0.2, 0) is 5.33 Å². The van der Waals surface area contributed by atoms with E-state index in [1.807, 2.05) is 6.07 Å². The van der Waals surface area contributed by atoms with Gasteiger partial charge < -0.3 is 4.42 Å². The number of halogens is 3. The molecule has 0 bridgehead atoms. The van der Waals surface area contributed by atoms with Gasteiger partial charge in [0.2, 0.25) is 0 Å². The summed E-state index contributed by atoms with van der Waals surface area (Å²) in [4.78, 5) is 5.18. The molecule has 0 aliphatic rings. The Morgan fingerprint density at radius 3 is 2.79 bits per heavy atom. The van der Waals surface area contributed by atoms with Crippen molar-refractivity contribution in [1.82, 2.24) is 4.98 Å². The van der Waals surface area contributed by atoms with Crippen LogP contribution in [-0.4, -0.2) is 4.98 Å². The van der Waals surface area contributed by atoms with E-state index in [-0.39, 0.29) is 0 Å². The molecular weight excluding hydrogens is 398 g/mol. The van der Waals surface area contributed by atoms with Crippen LogP contribution in [0.15, 0.2) is 25.1 Å². The van der Waals surface area contributed by atoms with Gasteiger partial charge in [-0.2, -0.15) is 0 Å². The molecule has 0 atom stereocenters. The molecule has 0 N–H and O–H groups in total. The molecule has 0 radical (unpaired) electrons. The topological polar surface area (TPSA) is 26.0 Å². The van der Waals surface area contributed by atoms with Crippen LogP contribution >= 0.6 is 59.1 Å². The lowest BCUT2D eigenvalue weighted by atomic mass is 10.3. The number of aromatic nitrogens is 1. The molecule has 2 nitrogen and oxygen atoms in total. The van der Waals surface area contributed by atoms with Crippen LogP contribution in [0.3, 0.4) is 0 Å². The number of thiophene rings is 1. The number of nitrogens with zero attached hydrogens (tertiary/aromatic N) is 1. The lowest BCUT2D eigenvalue weighted by Gasteiger charge is -1.91. The van der Waals surface area contributed by atoms with Gasteiger partial charge in [0.05, 0.1) is 14.4 Å². The summed E-state index contributed by atoms with van der Waals surface area (Å²) in [5, 5.41) is 0.700. The molecular formula is C8H4Br3NOS. The minimum atomic E-state index is 0.700. The van der Waals surface area contributed by atoms with Crippen molar-refractivity contribution in [2.24, 2.45) is 0 Å². The zero-order valence-electron chi connectivity index (χ0n) is 6.76. The van der Waals surface area contributed by atoms with Crippen molar-refractivity contribution in [1.29, 1.82) is 0 Å². The average molecular weight is 402 g/mol. The Bertz CT molecular complexity index is 432. The predicted octanol–water partition coefficient (Wildman–Crippen LogP) is 4.82. The minimum Gasteiger partial charge on any atom is -0.442 e. The van der Waals surface area contributed by atoms with Crippen LogP contribution in [0.1, 0.15) is 5.69 Å². The third-order valence-corrected chi connectivity index (χ3v) is 5.42. The lowest BCUT2D eigenvalue weighted by Crippen LogP contribution is -1.78. The summed E-state index contributed by atoms with van der Waals surface area (Å²) in [6, 6.07) is 2.02. The summed E-state index contributed by atoms with van der Waals surface area (Å²) in [5.74, 6) is 0.832. The SMILES string of the molecule is BrCc1ncoc1-c1cc(Br)c(Br)s1. The minimum absolute atomic E-state index is 0.700. The first-order valence-electron chi connectivity index (χ1n) is 3.66. The molecule has 2 aromatic heterocycles. The third-order valence-electron chi connectivity index (χ3n) is 1.64. The number of hydrogen-bond donors (Lipinski definition) is 0. The summed E-state index contributed by atoms with van der Waals surface area (Å²) in [6.45, 7) is 0. The number of rotatable bonds is 2. The second kappa shape index (κ2) is 4.47. The highest BCUT2D eigenvalue weighted by Crippen LogP contribution is 2.39. The monoisotopic (exact) mass is 399 g/mol. The molecule has 0 amide bonds. The molecule has 0 unspecified atom stereocenters. The van der Waals surface area contributed by atoms with Crippen molar-refractivity contribution in [3.8, 4) is 10.6 Å². The average Bonchev–Trinajstić information content (AvgIpc) is 2.73. The van der Waals surface area contributed by atoms with Crippen molar-refractivity contribution in [3.05, 3.63) is 26.4 Å². The van der Waals surface area contributed by atoms with E-state index in [1.54, 1.807) is 11.3 Å². The van der Waals surface area contributed by atoms with Crippen molar-refractivity contribution in [2.45, 2.75) is 5.33 Å². The Labute approximate surface area is 110 Å². The van der Waals surface area contributed by atoms with Gasteiger partial charge in [-0.05, 0) is 37.9 Å². The van der Waals surface area contributed by atoms with E-state index in [0.717, 1.165) is 24.6 Å². The van der Waals surface area contributed by atoms with Crippen LogP contribution in [0.25, 0.3) is 10.6 Å². The van der Waals surface area contributed by atoms with Crippen LogP contribution in [0.5, 0.6) is 0 Å². The van der Waals surface area contributed by atoms with Crippen LogP contribution in [0.4, 0.5) is 0 Å². The van der Waals surface area contributed by atoms with Crippen LogP contribution in [0.2, 0.25) is 0 Å². The molecule has 2 heterocycles. The highest BCUT2D eigenvalue weighted by atomic mass is 79.9. The number of oxazole rings is 1. The third kappa shape index (κ3) is 1.98. The number of hydrogen-bond acceptors (Lipinski definition) is 3. The molecule has 0 aliphatic carbocycles. The smallest absolute Gasteiger partial charge is 0.181 e. The van der Waals surface area contributed by atoms with E-state index < -0.39 is 0 Å². The quantitative estimate of drug-likeness (QED) is 0.674. The zero-order chi connectivity index (χ0) is 10.1. The van der Waals surface area contributed by atoms with Gasteiger partial charge in [-0.3, -0.25) is 0 Å². The maximum atomic E-state index is 5.34. The van der Waals surface area contributed by atoms with Crippen molar-refractivity contribution in [2.75, 3.05) is 0 Å². The number of alkyl halides is 1. The fourth-order valence-electron chi connectivity index (χ4n) is 1.02. The Hall–Kier alpha value is 0.350. The van der Waals surface area contributed by atoms with E-state index in [2.05, 4.69) is 52.8 Å². The summed E-state index contributed by atoms with van der Waals surface area (Å²) >= 11 is 11.9.